The average molecular weight is 179 g/mol. The molecule has 1 saturated carbocycles. The Balaban J connectivity index is 2.33. The van der Waals surface area contributed by atoms with Gasteiger partial charge in [-0.1, -0.05) is 12.8 Å². The fourth-order valence-electron chi connectivity index (χ4n) is 1.23. The third kappa shape index (κ3) is 2.32. The maximum atomic E-state index is 11.3. The smallest absolute Gasteiger partial charge is 0.224 e. The molecule has 0 aromatic carbocycles. The number of hydrogen-bond acceptors (Lipinski definition) is 2. The van der Waals surface area contributed by atoms with Crippen molar-refractivity contribution in [3.8, 4) is 12.3 Å². The highest BCUT2D eigenvalue weighted by Gasteiger charge is 2.33. The monoisotopic (exact) mass is 179 g/mol. The van der Waals surface area contributed by atoms with Crippen molar-refractivity contribution in [2.45, 2.75) is 32.2 Å². The molecule has 1 atom stereocenters. The molecule has 1 amide bonds. The van der Waals surface area contributed by atoms with E-state index in [1.165, 1.54) is 0 Å². The molecular formula is C10H13NO2. The summed E-state index contributed by atoms with van der Waals surface area (Å²) in [6, 6.07) is -0.191. The number of amides is 1. The summed E-state index contributed by atoms with van der Waals surface area (Å²) in [6.07, 6.45) is 6.68. The normalized spacial score (nSPS) is 18.6. The molecule has 3 nitrogen and oxygen atoms in total. The minimum absolute atomic E-state index is 0.0793. The second-order valence-corrected chi connectivity index (χ2v) is 3.28. The van der Waals surface area contributed by atoms with E-state index < -0.39 is 0 Å². The topological polar surface area (TPSA) is 46.2 Å². The van der Waals surface area contributed by atoms with Crippen LogP contribution in [0.3, 0.4) is 0 Å². The molecule has 0 heterocycles. The molecule has 1 aliphatic rings. The second-order valence-electron chi connectivity index (χ2n) is 3.28. The lowest BCUT2D eigenvalue weighted by molar-refractivity contribution is -0.138. The summed E-state index contributed by atoms with van der Waals surface area (Å²) >= 11 is 0. The molecule has 0 bridgehead atoms. The standard InChI is InChI=1S/C10H13NO2/c1-3-8(4-2)11-10(13)7-5-9(12)6-7/h1,7-8H,4-6H2,2H3,(H,11,13). The fourth-order valence-corrected chi connectivity index (χ4v) is 1.23. The van der Waals surface area contributed by atoms with Gasteiger partial charge in [-0.3, -0.25) is 9.59 Å². The maximum absolute atomic E-state index is 11.3. The predicted octanol–water partition coefficient (Wildman–Crippen LogP) is 0.493. The molecule has 1 fully saturated rings. The van der Waals surface area contributed by atoms with Gasteiger partial charge in [0.2, 0.25) is 5.91 Å². The molecule has 0 aromatic heterocycles. The van der Waals surface area contributed by atoms with Crippen LogP contribution in [0.1, 0.15) is 26.2 Å². The van der Waals surface area contributed by atoms with Crippen molar-refractivity contribution in [2.75, 3.05) is 0 Å². The van der Waals surface area contributed by atoms with Gasteiger partial charge in [0.25, 0.3) is 0 Å². The Labute approximate surface area is 77.9 Å². The summed E-state index contributed by atoms with van der Waals surface area (Å²) in [7, 11) is 0. The Morgan fingerprint density at radius 3 is 2.77 bits per heavy atom. The molecule has 1 aliphatic carbocycles. The van der Waals surface area contributed by atoms with E-state index in [1.807, 2.05) is 6.92 Å². The molecule has 1 unspecified atom stereocenters. The van der Waals surface area contributed by atoms with Crippen LogP contribution in [0.25, 0.3) is 0 Å². The summed E-state index contributed by atoms with van der Waals surface area (Å²) in [6.45, 7) is 1.91. The lowest BCUT2D eigenvalue weighted by atomic mass is 9.83. The number of rotatable bonds is 3. The van der Waals surface area contributed by atoms with Gasteiger partial charge in [0.15, 0.2) is 0 Å². The quantitative estimate of drug-likeness (QED) is 0.641. The largest absolute Gasteiger partial charge is 0.342 e. The first kappa shape index (κ1) is 9.79. The number of carbonyl (C=O) groups is 2. The molecule has 0 aliphatic heterocycles. The van der Waals surface area contributed by atoms with Crippen molar-refractivity contribution in [1.82, 2.24) is 5.32 Å². The van der Waals surface area contributed by atoms with Gasteiger partial charge >= 0.3 is 0 Å². The van der Waals surface area contributed by atoms with E-state index in [4.69, 9.17) is 6.42 Å². The van der Waals surface area contributed by atoms with Gasteiger partial charge in [0.05, 0.1) is 12.0 Å². The van der Waals surface area contributed by atoms with Gasteiger partial charge < -0.3 is 5.32 Å². The molecule has 1 rings (SSSR count). The van der Waals surface area contributed by atoms with Crippen LogP contribution in [0.2, 0.25) is 0 Å². The van der Waals surface area contributed by atoms with E-state index >= 15 is 0 Å². The summed E-state index contributed by atoms with van der Waals surface area (Å²) in [5, 5.41) is 2.71. The Morgan fingerprint density at radius 1 is 1.77 bits per heavy atom. The molecule has 0 radical (unpaired) electrons. The van der Waals surface area contributed by atoms with Crippen LogP contribution in [0.4, 0.5) is 0 Å². The van der Waals surface area contributed by atoms with Crippen molar-refractivity contribution in [1.29, 1.82) is 0 Å². The zero-order valence-electron chi connectivity index (χ0n) is 7.67. The van der Waals surface area contributed by atoms with E-state index in [0.717, 1.165) is 6.42 Å². The van der Waals surface area contributed by atoms with Gasteiger partial charge in [-0.05, 0) is 6.42 Å². The van der Waals surface area contributed by atoms with Gasteiger partial charge in [-0.25, -0.2) is 0 Å². The molecule has 13 heavy (non-hydrogen) atoms. The first-order valence-electron chi connectivity index (χ1n) is 4.45. The maximum Gasteiger partial charge on any atom is 0.224 e. The van der Waals surface area contributed by atoms with E-state index in [2.05, 4.69) is 11.2 Å². The molecule has 0 saturated heterocycles. The summed E-state index contributed by atoms with van der Waals surface area (Å²) in [4.78, 5) is 22.0. The van der Waals surface area contributed by atoms with Crippen LogP contribution >= 0.6 is 0 Å². The zero-order valence-corrected chi connectivity index (χ0v) is 7.67. The summed E-state index contributed by atoms with van der Waals surface area (Å²) in [5.74, 6) is 2.43. The predicted molar refractivity (Wildman–Crippen MR) is 48.8 cm³/mol. The highest BCUT2D eigenvalue weighted by atomic mass is 16.2. The van der Waals surface area contributed by atoms with Crippen molar-refractivity contribution in [3.05, 3.63) is 0 Å². The van der Waals surface area contributed by atoms with Crippen molar-refractivity contribution in [3.63, 3.8) is 0 Å². The number of hydrogen-bond donors (Lipinski definition) is 1. The van der Waals surface area contributed by atoms with Crippen molar-refractivity contribution in [2.24, 2.45) is 5.92 Å². The Morgan fingerprint density at radius 2 is 2.38 bits per heavy atom. The SMILES string of the molecule is C#CC(CC)NC(=O)C1CC(=O)C1. The Hall–Kier alpha value is -1.30. The highest BCUT2D eigenvalue weighted by molar-refractivity contribution is 5.96. The van der Waals surface area contributed by atoms with E-state index in [1.54, 1.807) is 0 Å². The van der Waals surface area contributed by atoms with Crippen LogP contribution in [-0.4, -0.2) is 17.7 Å². The molecule has 3 heteroatoms. The van der Waals surface area contributed by atoms with Crippen LogP contribution < -0.4 is 5.32 Å². The fraction of sp³-hybridized carbons (Fsp3) is 0.600. The third-order valence-corrected chi connectivity index (χ3v) is 2.24. The van der Waals surface area contributed by atoms with E-state index in [9.17, 15) is 9.59 Å². The van der Waals surface area contributed by atoms with Gasteiger partial charge in [0, 0.05) is 12.8 Å². The van der Waals surface area contributed by atoms with Crippen LogP contribution in [0, 0.1) is 18.3 Å². The second kappa shape index (κ2) is 4.08. The summed E-state index contributed by atoms with van der Waals surface area (Å²) in [5.41, 5.74) is 0. The number of nitrogens with one attached hydrogen (secondary N) is 1. The number of carbonyl (C=O) groups excluding carboxylic acids is 2. The molecule has 0 aromatic rings. The van der Waals surface area contributed by atoms with Gasteiger partial charge in [-0.2, -0.15) is 0 Å². The first-order valence-corrected chi connectivity index (χ1v) is 4.45. The van der Waals surface area contributed by atoms with E-state index in [0.29, 0.717) is 12.8 Å². The Kier molecular flexibility index (Phi) is 3.07. The van der Waals surface area contributed by atoms with Crippen LogP contribution in [0.15, 0.2) is 0 Å². The zero-order chi connectivity index (χ0) is 9.84. The van der Waals surface area contributed by atoms with E-state index in [-0.39, 0.29) is 23.7 Å². The number of terminal acetylenes is 1. The molecule has 70 valence electrons. The number of Topliss-reactive ketones (excluding diaryl/α,β-unsaturated/α-hetero) is 1. The molecular weight excluding hydrogens is 166 g/mol. The molecule has 0 spiro atoms. The minimum Gasteiger partial charge on any atom is -0.342 e. The van der Waals surface area contributed by atoms with Crippen molar-refractivity contribution < 1.29 is 9.59 Å². The highest BCUT2D eigenvalue weighted by Crippen LogP contribution is 2.22. The van der Waals surface area contributed by atoms with Gasteiger partial charge in [-0.15, -0.1) is 6.42 Å². The van der Waals surface area contributed by atoms with Gasteiger partial charge in [0.1, 0.15) is 5.78 Å². The number of ketones is 1. The third-order valence-electron chi connectivity index (χ3n) is 2.24. The summed E-state index contributed by atoms with van der Waals surface area (Å²) < 4.78 is 0. The van der Waals surface area contributed by atoms with Crippen LogP contribution in [0.5, 0.6) is 0 Å². The van der Waals surface area contributed by atoms with Crippen LogP contribution in [-0.2, 0) is 9.59 Å². The first-order chi connectivity index (χ1) is 6.17. The Bertz CT molecular complexity index is 257. The lowest BCUT2D eigenvalue weighted by Crippen LogP contribution is -2.43. The van der Waals surface area contributed by atoms with Crippen molar-refractivity contribution >= 4 is 11.7 Å². The lowest BCUT2D eigenvalue weighted by Gasteiger charge is -2.24. The minimum atomic E-state index is -0.191. The average Bonchev–Trinajstić information content (AvgIpc) is 2.08. The molecule has 1 N–H and O–H groups in total.